The number of nitrogens with one attached hydrogen (secondary N) is 1. The van der Waals surface area contributed by atoms with Gasteiger partial charge in [0.1, 0.15) is 11.7 Å². The molecule has 104 valence electrons. The van der Waals surface area contributed by atoms with E-state index in [-0.39, 0.29) is 23.3 Å². The van der Waals surface area contributed by atoms with Gasteiger partial charge in [0.05, 0.1) is 18.3 Å². The third-order valence-corrected chi connectivity index (χ3v) is 3.44. The van der Waals surface area contributed by atoms with E-state index in [0.717, 1.165) is 19.5 Å². The second-order valence-corrected chi connectivity index (χ2v) is 4.83. The highest BCUT2D eigenvalue weighted by Gasteiger charge is 2.20. The fraction of sp³-hybridized carbons (Fsp3) is 0.500. The predicted molar refractivity (Wildman–Crippen MR) is 72.7 cm³/mol. The van der Waals surface area contributed by atoms with Crippen LogP contribution in [-0.2, 0) is 11.3 Å². The van der Waals surface area contributed by atoms with Crippen LogP contribution in [0.4, 0.5) is 4.39 Å². The van der Waals surface area contributed by atoms with E-state index < -0.39 is 0 Å². The molecule has 1 aromatic carbocycles. The van der Waals surface area contributed by atoms with Gasteiger partial charge in [-0.25, -0.2) is 4.39 Å². The monoisotopic (exact) mass is 265 g/mol. The van der Waals surface area contributed by atoms with Crippen molar-refractivity contribution in [1.29, 1.82) is 5.41 Å². The lowest BCUT2D eigenvalue weighted by Crippen LogP contribution is -2.41. The topological polar surface area (TPSA) is 62.3 Å². The lowest BCUT2D eigenvalue weighted by atomic mass is 10.1. The molecule has 0 aromatic heterocycles. The average Bonchev–Trinajstić information content (AvgIpc) is 2.41. The van der Waals surface area contributed by atoms with Crippen molar-refractivity contribution in [2.24, 2.45) is 5.73 Å². The summed E-state index contributed by atoms with van der Waals surface area (Å²) in [4.78, 5) is 2.18. The first-order chi connectivity index (χ1) is 9.11. The van der Waals surface area contributed by atoms with Crippen molar-refractivity contribution >= 4 is 5.84 Å². The molecule has 5 heteroatoms. The number of amidine groups is 1. The number of morpholine rings is 1. The number of benzene rings is 1. The van der Waals surface area contributed by atoms with Gasteiger partial charge in [-0.05, 0) is 12.5 Å². The van der Waals surface area contributed by atoms with Crippen LogP contribution in [0.1, 0.15) is 24.5 Å². The van der Waals surface area contributed by atoms with Crippen LogP contribution >= 0.6 is 0 Å². The summed E-state index contributed by atoms with van der Waals surface area (Å²) in [5, 5.41) is 7.36. The van der Waals surface area contributed by atoms with E-state index >= 15 is 0 Å². The van der Waals surface area contributed by atoms with Crippen molar-refractivity contribution in [2.75, 3.05) is 19.7 Å². The first-order valence-electron chi connectivity index (χ1n) is 6.57. The Morgan fingerprint density at radius 3 is 3.05 bits per heavy atom. The number of nitrogen functional groups attached to an aromatic ring is 1. The molecule has 1 fully saturated rings. The summed E-state index contributed by atoms with van der Waals surface area (Å²) in [5.74, 6) is -0.609. The average molecular weight is 265 g/mol. The SMILES string of the molecule is CCC1CN(Cc2cccc(C(=N)N)c2F)CCO1. The molecule has 0 amide bonds. The van der Waals surface area contributed by atoms with E-state index in [1.807, 2.05) is 0 Å². The standard InChI is InChI=1S/C14H20FN3O/c1-2-11-9-18(6-7-19-11)8-10-4-3-5-12(13(10)15)14(16)17/h3-5,11H,2,6-9H2,1H3,(H3,16,17). The van der Waals surface area contributed by atoms with Crippen LogP contribution in [0.25, 0.3) is 0 Å². The van der Waals surface area contributed by atoms with Gasteiger partial charge in [-0.1, -0.05) is 19.1 Å². The van der Waals surface area contributed by atoms with E-state index in [1.54, 1.807) is 12.1 Å². The van der Waals surface area contributed by atoms with Gasteiger partial charge >= 0.3 is 0 Å². The molecule has 1 aliphatic heterocycles. The minimum absolute atomic E-state index is 0.179. The van der Waals surface area contributed by atoms with Gasteiger partial charge in [0, 0.05) is 25.2 Å². The second kappa shape index (κ2) is 6.12. The lowest BCUT2D eigenvalue weighted by Gasteiger charge is -2.32. The van der Waals surface area contributed by atoms with E-state index in [4.69, 9.17) is 15.9 Å². The molecule has 19 heavy (non-hydrogen) atoms. The Kier molecular flexibility index (Phi) is 4.50. The van der Waals surface area contributed by atoms with Crippen LogP contribution < -0.4 is 5.73 Å². The minimum atomic E-state index is -0.380. The maximum absolute atomic E-state index is 14.2. The van der Waals surface area contributed by atoms with Crippen LogP contribution in [0.15, 0.2) is 18.2 Å². The molecule has 4 nitrogen and oxygen atoms in total. The Labute approximate surface area is 112 Å². The number of hydrogen-bond donors (Lipinski definition) is 2. The van der Waals surface area contributed by atoms with Crippen molar-refractivity contribution in [3.8, 4) is 0 Å². The number of nitrogens with zero attached hydrogens (tertiary/aromatic N) is 1. The largest absolute Gasteiger partial charge is 0.384 e. The normalized spacial score (nSPS) is 20.4. The van der Waals surface area contributed by atoms with Crippen LogP contribution in [0.5, 0.6) is 0 Å². The molecule has 2 rings (SSSR count). The van der Waals surface area contributed by atoms with E-state index in [1.165, 1.54) is 6.07 Å². The van der Waals surface area contributed by atoms with Gasteiger partial charge in [-0.2, -0.15) is 0 Å². The molecule has 1 saturated heterocycles. The van der Waals surface area contributed by atoms with E-state index in [9.17, 15) is 4.39 Å². The zero-order valence-corrected chi connectivity index (χ0v) is 11.2. The summed E-state index contributed by atoms with van der Waals surface area (Å²) >= 11 is 0. The number of nitrogens with two attached hydrogens (primary N) is 1. The van der Waals surface area contributed by atoms with Gasteiger partial charge < -0.3 is 10.5 Å². The summed E-state index contributed by atoms with van der Waals surface area (Å²) in [5.41, 5.74) is 6.14. The van der Waals surface area contributed by atoms with Gasteiger partial charge in [-0.3, -0.25) is 10.3 Å². The van der Waals surface area contributed by atoms with E-state index in [0.29, 0.717) is 18.7 Å². The highest BCUT2D eigenvalue weighted by molar-refractivity contribution is 5.95. The number of halogens is 1. The Morgan fingerprint density at radius 2 is 2.37 bits per heavy atom. The van der Waals surface area contributed by atoms with Crippen molar-refractivity contribution in [1.82, 2.24) is 4.90 Å². The highest BCUT2D eigenvalue weighted by atomic mass is 19.1. The molecular formula is C14H20FN3O. The van der Waals surface area contributed by atoms with Crippen LogP contribution in [0, 0.1) is 11.2 Å². The Bertz CT molecular complexity index is 464. The van der Waals surface area contributed by atoms with Crippen molar-refractivity contribution in [3.05, 3.63) is 35.1 Å². The van der Waals surface area contributed by atoms with Crippen molar-refractivity contribution in [2.45, 2.75) is 26.0 Å². The van der Waals surface area contributed by atoms with Crippen LogP contribution in [0.3, 0.4) is 0 Å². The zero-order valence-electron chi connectivity index (χ0n) is 11.2. The van der Waals surface area contributed by atoms with Crippen molar-refractivity contribution in [3.63, 3.8) is 0 Å². The predicted octanol–water partition coefficient (Wildman–Crippen LogP) is 1.72. The number of hydrogen-bond acceptors (Lipinski definition) is 3. The maximum atomic E-state index is 14.2. The maximum Gasteiger partial charge on any atom is 0.138 e. The summed E-state index contributed by atoms with van der Waals surface area (Å²) in [6, 6.07) is 5.03. The molecule has 0 saturated carbocycles. The molecule has 1 atom stereocenters. The second-order valence-electron chi connectivity index (χ2n) is 4.83. The fourth-order valence-corrected chi connectivity index (χ4v) is 2.32. The summed E-state index contributed by atoms with van der Waals surface area (Å²) in [6.07, 6.45) is 1.19. The highest BCUT2D eigenvalue weighted by Crippen LogP contribution is 2.17. The van der Waals surface area contributed by atoms with Gasteiger partial charge in [-0.15, -0.1) is 0 Å². The molecule has 0 bridgehead atoms. The number of rotatable bonds is 4. The first-order valence-corrected chi connectivity index (χ1v) is 6.57. The molecule has 1 aliphatic rings. The Morgan fingerprint density at radius 1 is 1.58 bits per heavy atom. The smallest absolute Gasteiger partial charge is 0.138 e. The molecular weight excluding hydrogens is 245 g/mol. The quantitative estimate of drug-likeness (QED) is 0.643. The zero-order chi connectivity index (χ0) is 13.8. The molecule has 1 heterocycles. The van der Waals surface area contributed by atoms with Gasteiger partial charge in [0.2, 0.25) is 0 Å². The third-order valence-electron chi connectivity index (χ3n) is 3.44. The van der Waals surface area contributed by atoms with E-state index in [2.05, 4.69) is 11.8 Å². The number of ether oxygens (including phenoxy) is 1. The fourth-order valence-electron chi connectivity index (χ4n) is 2.32. The van der Waals surface area contributed by atoms with Crippen LogP contribution in [-0.4, -0.2) is 36.5 Å². The molecule has 3 N–H and O–H groups in total. The van der Waals surface area contributed by atoms with Gasteiger partial charge in [0.15, 0.2) is 0 Å². The molecule has 0 spiro atoms. The molecule has 0 aliphatic carbocycles. The van der Waals surface area contributed by atoms with Crippen molar-refractivity contribution < 1.29 is 9.13 Å². The van der Waals surface area contributed by atoms with Gasteiger partial charge in [0.25, 0.3) is 0 Å². The third kappa shape index (κ3) is 3.30. The summed E-state index contributed by atoms with van der Waals surface area (Å²) < 4.78 is 19.8. The Hall–Kier alpha value is -1.46. The molecule has 1 aromatic rings. The molecule has 0 radical (unpaired) electrons. The summed E-state index contributed by atoms with van der Waals surface area (Å²) in [6.45, 7) is 4.94. The Balaban J connectivity index is 2.10. The summed E-state index contributed by atoms with van der Waals surface area (Å²) in [7, 11) is 0. The first kappa shape index (κ1) is 14.0. The molecule has 1 unspecified atom stereocenters. The minimum Gasteiger partial charge on any atom is -0.384 e. The van der Waals surface area contributed by atoms with Crippen LogP contribution in [0.2, 0.25) is 0 Å². The lowest BCUT2D eigenvalue weighted by molar-refractivity contribution is -0.0327.